The maximum atomic E-state index is 12.2. The average Bonchev–Trinajstić information content (AvgIpc) is 2.85. The number of nitrogens with zero attached hydrogens (tertiary/aromatic N) is 2. The Morgan fingerprint density at radius 3 is 2.64 bits per heavy atom. The van der Waals surface area contributed by atoms with Gasteiger partial charge in [0.05, 0.1) is 12.2 Å². The van der Waals surface area contributed by atoms with Gasteiger partial charge in [-0.15, -0.1) is 0 Å². The molecule has 0 unspecified atom stereocenters. The summed E-state index contributed by atoms with van der Waals surface area (Å²) in [6, 6.07) is 11.0. The van der Waals surface area contributed by atoms with Crippen LogP contribution in [0.1, 0.15) is 23.1 Å². The van der Waals surface area contributed by atoms with E-state index < -0.39 is 5.63 Å². The van der Waals surface area contributed by atoms with Crippen LogP contribution in [0.3, 0.4) is 0 Å². The predicted octanol–water partition coefficient (Wildman–Crippen LogP) is 3.90. The molecule has 8 nitrogen and oxygen atoms in total. The molecule has 1 N–H and O–H groups in total. The number of carbonyl (C=O) groups excluding carboxylic acids is 1. The minimum Gasteiger partial charge on any atom is -0.507 e. The summed E-state index contributed by atoms with van der Waals surface area (Å²) < 4.78 is 15.6. The van der Waals surface area contributed by atoms with E-state index in [0.717, 1.165) is 42.8 Å². The number of hydrogen-bond donors (Lipinski definition) is 1. The lowest BCUT2D eigenvalue weighted by Crippen LogP contribution is -2.46. The van der Waals surface area contributed by atoms with Crippen molar-refractivity contribution in [3.05, 3.63) is 68.5 Å². The molecule has 0 saturated carbocycles. The van der Waals surface area contributed by atoms with E-state index in [1.165, 1.54) is 6.07 Å². The highest BCUT2D eigenvalue weighted by Crippen LogP contribution is 2.34. The van der Waals surface area contributed by atoms with E-state index in [1.54, 1.807) is 13.2 Å². The highest BCUT2D eigenvalue weighted by atomic mass is 35.5. The number of aryl methyl sites for hydroxylation is 2. The van der Waals surface area contributed by atoms with Gasteiger partial charge in [-0.3, -0.25) is 9.69 Å². The molecular formula is C27H31ClN2O6. The zero-order valence-corrected chi connectivity index (χ0v) is 21.3. The topological polar surface area (TPSA) is 92.5 Å². The van der Waals surface area contributed by atoms with E-state index in [1.807, 2.05) is 31.2 Å². The molecule has 0 radical (unpaired) electrons. The van der Waals surface area contributed by atoms with Gasteiger partial charge in [-0.2, -0.15) is 0 Å². The van der Waals surface area contributed by atoms with E-state index in [0.29, 0.717) is 41.3 Å². The van der Waals surface area contributed by atoms with Crippen LogP contribution in [0.5, 0.6) is 5.75 Å². The molecule has 1 aliphatic heterocycles. The normalized spacial score (nSPS) is 14.4. The molecule has 1 fully saturated rings. The Morgan fingerprint density at radius 1 is 1.14 bits per heavy atom. The Kier molecular flexibility index (Phi) is 8.51. The number of methoxy groups -OCH3 is 1. The maximum Gasteiger partial charge on any atom is 0.336 e. The quantitative estimate of drug-likeness (QED) is 0.261. The third-order valence-electron chi connectivity index (χ3n) is 6.47. The SMILES string of the molecule is COCCOC(=O)CCc1cc2c(C)cc(=O)oc2c(CN2CCN(c3cccc(Cl)c3)CC2)c1O. The fraction of sp³-hybridized carbons (Fsp3) is 0.407. The first-order valence-corrected chi connectivity index (χ1v) is 12.4. The van der Waals surface area contributed by atoms with E-state index in [4.69, 9.17) is 25.5 Å². The summed E-state index contributed by atoms with van der Waals surface area (Å²) in [4.78, 5) is 28.8. The fourth-order valence-corrected chi connectivity index (χ4v) is 4.70. The second-order valence-electron chi connectivity index (χ2n) is 8.94. The smallest absolute Gasteiger partial charge is 0.336 e. The number of ether oxygens (including phenoxy) is 2. The number of halogens is 1. The summed E-state index contributed by atoms with van der Waals surface area (Å²) in [6.07, 6.45) is 0.429. The van der Waals surface area contributed by atoms with Crippen LogP contribution >= 0.6 is 11.6 Å². The van der Waals surface area contributed by atoms with Crippen LogP contribution in [0.4, 0.5) is 5.69 Å². The molecular weight excluding hydrogens is 484 g/mol. The van der Waals surface area contributed by atoms with E-state index >= 15 is 0 Å². The molecule has 2 heterocycles. The lowest BCUT2D eigenvalue weighted by molar-refractivity contribution is -0.144. The molecule has 2 aromatic carbocycles. The number of benzene rings is 2. The molecule has 0 amide bonds. The standard InChI is InChI=1S/C27H31ClN2O6/c1-18-14-25(32)36-27-22(18)15-19(6-7-24(31)35-13-12-34-2)26(33)23(27)17-29-8-10-30(11-9-29)21-5-3-4-20(28)16-21/h3-5,14-16,33H,6-13,17H2,1-2H3. The van der Waals surface area contributed by atoms with Crippen molar-refractivity contribution < 1.29 is 23.8 Å². The maximum absolute atomic E-state index is 12.2. The first kappa shape index (κ1) is 26.0. The van der Waals surface area contributed by atoms with Crippen LogP contribution in [0.15, 0.2) is 45.6 Å². The third-order valence-corrected chi connectivity index (χ3v) is 6.70. The second-order valence-corrected chi connectivity index (χ2v) is 9.38. The summed E-state index contributed by atoms with van der Waals surface area (Å²) in [5.74, 6) is -0.306. The van der Waals surface area contributed by atoms with Crippen molar-refractivity contribution in [2.45, 2.75) is 26.3 Å². The molecule has 36 heavy (non-hydrogen) atoms. The van der Waals surface area contributed by atoms with Gasteiger partial charge in [-0.25, -0.2) is 4.79 Å². The van der Waals surface area contributed by atoms with Gasteiger partial charge in [0.1, 0.15) is 17.9 Å². The van der Waals surface area contributed by atoms with Gasteiger partial charge < -0.3 is 23.9 Å². The number of aromatic hydroxyl groups is 1. The van der Waals surface area contributed by atoms with Gasteiger partial charge in [0.2, 0.25) is 0 Å². The summed E-state index contributed by atoms with van der Waals surface area (Å²) in [5.41, 5.74) is 2.96. The number of fused-ring (bicyclic) bond motifs is 1. The first-order chi connectivity index (χ1) is 17.4. The number of rotatable bonds is 9. The lowest BCUT2D eigenvalue weighted by atomic mass is 9.98. The number of carbonyl (C=O) groups is 1. The Bertz CT molecular complexity index is 1280. The first-order valence-electron chi connectivity index (χ1n) is 12.0. The molecule has 1 aliphatic rings. The van der Waals surface area contributed by atoms with Crippen molar-refractivity contribution in [1.29, 1.82) is 0 Å². The van der Waals surface area contributed by atoms with Crippen LogP contribution in [-0.2, 0) is 27.2 Å². The monoisotopic (exact) mass is 514 g/mol. The van der Waals surface area contributed by atoms with Crippen LogP contribution in [-0.4, -0.2) is 62.5 Å². The lowest BCUT2D eigenvalue weighted by Gasteiger charge is -2.36. The average molecular weight is 515 g/mol. The zero-order valence-electron chi connectivity index (χ0n) is 20.6. The molecule has 0 bridgehead atoms. The Morgan fingerprint density at radius 2 is 1.92 bits per heavy atom. The summed E-state index contributed by atoms with van der Waals surface area (Å²) >= 11 is 6.15. The minimum atomic E-state index is -0.458. The van der Waals surface area contributed by atoms with E-state index in [2.05, 4.69) is 9.80 Å². The molecule has 3 aromatic rings. The van der Waals surface area contributed by atoms with Gasteiger partial charge >= 0.3 is 11.6 Å². The largest absolute Gasteiger partial charge is 0.507 e. The van der Waals surface area contributed by atoms with Gasteiger partial charge in [-0.1, -0.05) is 17.7 Å². The van der Waals surface area contributed by atoms with Crippen molar-refractivity contribution >= 4 is 34.2 Å². The number of hydrogen-bond acceptors (Lipinski definition) is 8. The van der Waals surface area contributed by atoms with Gasteiger partial charge in [0, 0.05) is 68.4 Å². The molecule has 0 atom stereocenters. The Hall–Kier alpha value is -3.07. The Balaban J connectivity index is 1.54. The van der Waals surface area contributed by atoms with Crippen molar-refractivity contribution in [2.75, 3.05) is 51.4 Å². The molecule has 1 aromatic heterocycles. The van der Waals surface area contributed by atoms with Crippen LogP contribution in [0.25, 0.3) is 11.0 Å². The predicted molar refractivity (Wildman–Crippen MR) is 139 cm³/mol. The highest BCUT2D eigenvalue weighted by Gasteiger charge is 2.23. The summed E-state index contributed by atoms with van der Waals surface area (Å²) in [6.45, 7) is 5.91. The number of phenols is 1. The number of anilines is 1. The summed E-state index contributed by atoms with van der Waals surface area (Å²) in [7, 11) is 1.54. The molecule has 1 saturated heterocycles. The molecule has 4 rings (SSSR count). The van der Waals surface area contributed by atoms with E-state index in [9.17, 15) is 14.7 Å². The van der Waals surface area contributed by atoms with Crippen LogP contribution < -0.4 is 10.5 Å². The van der Waals surface area contributed by atoms with Crippen molar-refractivity contribution in [3.63, 3.8) is 0 Å². The van der Waals surface area contributed by atoms with Crippen LogP contribution in [0, 0.1) is 6.92 Å². The number of piperazine rings is 1. The minimum absolute atomic E-state index is 0.0539. The molecule has 192 valence electrons. The van der Waals surface area contributed by atoms with E-state index in [-0.39, 0.29) is 24.7 Å². The highest BCUT2D eigenvalue weighted by molar-refractivity contribution is 6.30. The van der Waals surface area contributed by atoms with Crippen molar-refractivity contribution in [2.24, 2.45) is 0 Å². The van der Waals surface area contributed by atoms with Gasteiger partial charge in [0.25, 0.3) is 0 Å². The van der Waals surface area contributed by atoms with Crippen LogP contribution in [0.2, 0.25) is 5.02 Å². The molecule has 0 aliphatic carbocycles. The van der Waals surface area contributed by atoms with Gasteiger partial charge in [-0.05, 0) is 48.7 Å². The number of phenolic OH excluding ortho intramolecular Hbond substituents is 1. The Labute approximate surface area is 215 Å². The zero-order chi connectivity index (χ0) is 25.7. The van der Waals surface area contributed by atoms with Crippen molar-refractivity contribution in [1.82, 2.24) is 4.90 Å². The third kappa shape index (κ3) is 6.19. The molecule has 0 spiro atoms. The fourth-order valence-electron chi connectivity index (χ4n) is 4.51. The van der Waals surface area contributed by atoms with Gasteiger partial charge in [0.15, 0.2) is 0 Å². The van der Waals surface area contributed by atoms with Crippen molar-refractivity contribution in [3.8, 4) is 5.75 Å². The molecule has 9 heteroatoms. The number of esters is 1. The second kappa shape index (κ2) is 11.8. The summed E-state index contributed by atoms with van der Waals surface area (Å²) in [5, 5.41) is 12.7.